The number of Topliss-reactive ketones (excluding diaryl/α,β-unsaturated/α-hetero) is 1. The van der Waals surface area contributed by atoms with Crippen LogP contribution >= 0.6 is 0 Å². The molecule has 0 spiro atoms. The number of nitrogens with one attached hydrogen (secondary N) is 1. The third-order valence-electron chi connectivity index (χ3n) is 7.68. The number of fused-ring (bicyclic) bond motifs is 2. The van der Waals surface area contributed by atoms with E-state index in [4.69, 9.17) is 13.9 Å². The van der Waals surface area contributed by atoms with Gasteiger partial charge in [0.25, 0.3) is 11.8 Å². The van der Waals surface area contributed by atoms with Gasteiger partial charge >= 0.3 is 0 Å². The molecule has 11 heteroatoms. The molecule has 1 aromatic heterocycles. The third kappa shape index (κ3) is 6.24. The molecule has 3 saturated heterocycles. The molecular weight excluding hydrogens is 512 g/mol. The minimum atomic E-state index is -2.57. The van der Waals surface area contributed by atoms with Gasteiger partial charge < -0.3 is 24.1 Å². The van der Waals surface area contributed by atoms with Gasteiger partial charge in [0, 0.05) is 44.4 Å². The molecule has 39 heavy (non-hydrogen) atoms. The number of alkyl halides is 2. The molecule has 2 unspecified atom stereocenters. The molecular formula is C28H35F2N3O6. The number of hydrogen-bond donors (Lipinski definition) is 1. The van der Waals surface area contributed by atoms with E-state index >= 15 is 0 Å². The van der Waals surface area contributed by atoms with Crippen LogP contribution in [0.15, 0.2) is 28.7 Å². The first-order valence-electron chi connectivity index (χ1n) is 13.6. The van der Waals surface area contributed by atoms with Crippen LogP contribution in [0.3, 0.4) is 0 Å². The Hall–Kier alpha value is -3.05. The highest BCUT2D eigenvalue weighted by Gasteiger charge is 2.48. The minimum absolute atomic E-state index is 0.0161. The maximum Gasteiger partial charge on any atom is 0.287 e. The number of likely N-dealkylation sites (tertiary alicyclic amines) is 2. The summed E-state index contributed by atoms with van der Waals surface area (Å²) >= 11 is 0. The number of amides is 2. The van der Waals surface area contributed by atoms with E-state index in [9.17, 15) is 23.2 Å². The normalized spacial score (nSPS) is 23.8. The second-order valence-electron chi connectivity index (χ2n) is 11.1. The average Bonchev–Trinajstić information content (AvgIpc) is 3.60. The summed E-state index contributed by atoms with van der Waals surface area (Å²) < 4.78 is 43.8. The summed E-state index contributed by atoms with van der Waals surface area (Å²) in [6.07, 6.45) is 0.489. The first-order valence-corrected chi connectivity index (χ1v) is 13.6. The SMILES string of the molecule is CC(C)C[C@H](NC(=O)c1cc2cc(OCCN3CCC(F)(F)CC3)ccc2o1)C(=O)N1CCC2OCC(=O)C21. The van der Waals surface area contributed by atoms with Gasteiger partial charge in [0.15, 0.2) is 11.5 Å². The molecule has 1 aromatic carbocycles. The van der Waals surface area contributed by atoms with Crippen molar-refractivity contribution in [3.05, 3.63) is 30.0 Å². The molecule has 3 fully saturated rings. The van der Waals surface area contributed by atoms with E-state index in [1.54, 1.807) is 29.2 Å². The summed E-state index contributed by atoms with van der Waals surface area (Å²) in [5.74, 6) is -2.70. The fraction of sp³-hybridized carbons (Fsp3) is 0.607. The lowest BCUT2D eigenvalue weighted by atomic mass is 10.0. The van der Waals surface area contributed by atoms with Crippen molar-refractivity contribution >= 4 is 28.6 Å². The number of rotatable bonds is 9. The van der Waals surface area contributed by atoms with Crippen molar-refractivity contribution < 1.29 is 37.1 Å². The summed E-state index contributed by atoms with van der Waals surface area (Å²) in [5.41, 5.74) is 0.494. The van der Waals surface area contributed by atoms with Gasteiger partial charge in [-0.15, -0.1) is 0 Å². The number of halogens is 2. The quantitative estimate of drug-likeness (QED) is 0.514. The predicted octanol–water partition coefficient (Wildman–Crippen LogP) is 3.26. The van der Waals surface area contributed by atoms with Gasteiger partial charge in [0.2, 0.25) is 5.91 Å². The van der Waals surface area contributed by atoms with Crippen molar-refractivity contribution in [3.8, 4) is 5.75 Å². The fourth-order valence-electron chi connectivity index (χ4n) is 5.58. The van der Waals surface area contributed by atoms with Crippen LogP contribution < -0.4 is 10.1 Å². The van der Waals surface area contributed by atoms with Crippen LogP contribution in [0.25, 0.3) is 11.0 Å². The number of furan rings is 1. The predicted molar refractivity (Wildman–Crippen MR) is 138 cm³/mol. The molecule has 9 nitrogen and oxygen atoms in total. The van der Waals surface area contributed by atoms with Gasteiger partial charge in [-0.3, -0.25) is 19.3 Å². The second-order valence-corrected chi connectivity index (χ2v) is 11.1. The summed E-state index contributed by atoms with van der Waals surface area (Å²) in [6.45, 7) is 5.96. The summed E-state index contributed by atoms with van der Waals surface area (Å²) in [6, 6.07) is 5.41. The van der Waals surface area contributed by atoms with Gasteiger partial charge in [-0.25, -0.2) is 8.78 Å². The lowest BCUT2D eigenvalue weighted by Crippen LogP contribution is -2.52. The Bertz CT molecular complexity index is 1220. The molecule has 212 valence electrons. The van der Waals surface area contributed by atoms with Gasteiger partial charge in [-0.05, 0) is 43.0 Å². The Labute approximate surface area is 225 Å². The maximum absolute atomic E-state index is 13.4. The van der Waals surface area contributed by atoms with Gasteiger partial charge in [0.1, 0.15) is 36.6 Å². The first-order chi connectivity index (χ1) is 18.6. The lowest BCUT2D eigenvalue weighted by molar-refractivity contribution is -0.138. The van der Waals surface area contributed by atoms with Crippen molar-refractivity contribution in [2.24, 2.45) is 5.92 Å². The molecule has 5 rings (SSSR count). The van der Waals surface area contributed by atoms with Gasteiger partial charge in [-0.1, -0.05) is 13.8 Å². The van der Waals surface area contributed by atoms with Crippen LogP contribution in [0, 0.1) is 5.92 Å². The standard InChI is InChI=1S/C28H35F2N3O6/c1-17(2)13-20(27(36)33-8-5-23-25(33)21(34)16-38-23)31-26(35)24-15-18-14-19(3-4-22(18)39-24)37-12-11-32-9-6-28(29,30)7-10-32/h3-4,14-15,17,20,23,25H,5-13,16H2,1-2H3,(H,31,35)/t20-,23?,25?/m0/s1. The van der Waals surface area contributed by atoms with Crippen LogP contribution in [0.2, 0.25) is 0 Å². The molecule has 4 heterocycles. The Morgan fingerprint density at radius 3 is 2.69 bits per heavy atom. The number of carbonyl (C=O) groups is 3. The van der Waals surface area contributed by atoms with Crippen molar-refractivity contribution in [3.63, 3.8) is 0 Å². The third-order valence-corrected chi connectivity index (χ3v) is 7.68. The van der Waals surface area contributed by atoms with Crippen LogP contribution in [0.5, 0.6) is 5.75 Å². The van der Waals surface area contributed by atoms with Crippen molar-refractivity contribution in [2.75, 3.05) is 39.4 Å². The number of hydrogen-bond acceptors (Lipinski definition) is 7. The van der Waals surface area contributed by atoms with E-state index in [2.05, 4.69) is 5.32 Å². The van der Waals surface area contributed by atoms with E-state index in [0.717, 1.165) is 0 Å². The molecule has 2 amide bonds. The van der Waals surface area contributed by atoms with Gasteiger partial charge in [-0.2, -0.15) is 0 Å². The topological polar surface area (TPSA) is 101 Å². The Kier molecular flexibility index (Phi) is 7.91. The Morgan fingerprint density at radius 2 is 1.95 bits per heavy atom. The average molecular weight is 548 g/mol. The number of benzene rings is 1. The molecule has 3 aliphatic heterocycles. The second kappa shape index (κ2) is 11.2. The summed E-state index contributed by atoms with van der Waals surface area (Å²) in [5, 5.41) is 3.49. The maximum atomic E-state index is 13.4. The first kappa shape index (κ1) is 27.5. The van der Waals surface area contributed by atoms with E-state index in [1.165, 1.54) is 0 Å². The zero-order valence-electron chi connectivity index (χ0n) is 22.3. The van der Waals surface area contributed by atoms with Crippen LogP contribution in [-0.2, 0) is 14.3 Å². The number of piperidine rings is 1. The Balaban J connectivity index is 1.20. The highest BCUT2D eigenvalue weighted by molar-refractivity contribution is 6.00. The van der Waals surface area contributed by atoms with Crippen LogP contribution in [0.1, 0.15) is 50.1 Å². The summed E-state index contributed by atoms with van der Waals surface area (Å²) in [4.78, 5) is 42.4. The monoisotopic (exact) mass is 547 g/mol. The summed E-state index contributed by atoms with van der Waals surface area (Å²) in [7, 11) is 0. The number of ketones is 1. The fourth-order valence-corrected chi connectivity index (χ4v) is 5.58. The van der Waals surface area contributed by atoms with E-state index in [0.29, 0.717) is 62.3 Å². The smallest absolute Gasteiger partial charge is 0.287 e. The molecule has 1 N–H and O–H groups in total. The molecule has 0 radical (unpaired) electrons. The zero-order valence-corrected chi connectivity index (χ0v) is 22.3. The van der Waals surface area contributed by atoms with Crippen molar-refractivity contribution in [1.29, 1.82) is 0 Å². The van der Waals surface area contributed by atoms with Crippen molar-refractivity contribution in [1.82, 2.24) is 15.1 Å². The largest absolute Gasteiger partial charge is 0.492 e. The Morgan fingerprint density at radius 1 is 1.18 bits per heavy atom. The highest BCUT2D eigenvalue weighted by Crippen LogP contribution is 2.30. The molecule has 0 aliphatic carbocycles. The van der Waals surface area contributed by atoms with Crippen LogP contribution in [-0.4, -0.2) is 90.9 Å². The highest BCUT2D eigenvalue weighted by atomic mass is 19.3. The zero-order chi connectivity index (χ0) is 27.7. The molecule has 2 aromatic rings. The van der Waals surface area contributed by atoms with E-state index in [1.807, 2.05) is 18.7 Å². The van der Waals surface area contributed by atoms with E-state index < -0.39 is 23.9 Å². The lowest BCUT2D eigenvalue weighted by Gasteiger charge is -2.31. The minimum Gasteiger partial charge on any atom is -0.492 e. The molecule has 0 bridgehead atoms. The number of carbonyl (C=O) groups excluding carboxylic acids is 3. The molecule has 0 saturated carbocycles. The van der Waals surface area contributed by atoms with Gasteiger partial charge in [0.05, 0.1) is 6.10 Å². The van der Waals surface area contributed by atoms with Crippen LogP contribution in [0.4, 0.5) is 8.78 Å². The number of ether oxygens (including phenoxy) is 2. The van der Waals surface area contributed by atoms with Crippen molar-refractivity contribution in [2.45, 2.75) is 63.6 Å². The molecule has 3 atom stereocenters. The number of nitrogens with zero attached hydrogens (tertiary/aromatic N) is 2. The molecule has 3 aliphatic rings. The van der Waals surface area contributed by atoms with E-state index in [-0.39, 0.29) is 48.9 Å².